The van der Waals surface area contributed by atoms with Gasteiger partial charge in [0, 0.05) is 50.7 Å². The summed E-state index contributed by atoms with van der Waals surface area (Å²) in [6, 6.07) is 0.849. The van der Waals surface area contributed by atoms with Crippen molar-refractivity contribution in [3.8, 4) is 0 Å². The summed E-state index contributed by atoms with van der Waals surface area (Å²) in [4.78, 5) is 5.45. The highest BCUT2D eigenvalue weighted by Crippen LogP contribution is 2.38. The Bertz CT molecular complexity index is 321. The number of hydrogen-bond donors (Lipinski definition) is 1. The van der Waals surface area contributed by atoms with Gasteiger partial charge < -0.3 is 10.2 Å². The fourth-order valence-electron chi connectivity index (χ4n) is 4.33. The van der Waals surface area contributed by atoms with Crippen molar-refractivity contribution in [3.63, 3.8) is 0 Å². The van der Waals surface area contributed by atoms with Crippen LogP contribution >= 0.6 is 0 Å². The topological polar surface area (TPSA) is 18.5 Å². The molecule has 1 N–H and O–H groups in total. The van der Waals surface area contributed by atoms with Crippen LogP contribution in [0.1, 0.15) is 34.1 Å². The molecule has 3 nitrogen and oxygen atoms in total. The van der Waals surface area contributed by atoms with Crippen LogP contribution in [0, 0.1) is 16.7 Å². The molecular weight excluding hydrogens is 234 g/mol. The zero-order chi connectivity index (χ0) is 13.7. The van der Waals surface area contributed by atoms with Gasteiger partial charge >= 0.3 is 0 Å². The number of likely N-dealkylation sites (tertiary alicyclic amines) is 2. The Labute approximate surface area is 118 Å². The molecule has 3 aliphatic heterocycles. The number of nitrogens with one attached hydrogen (secondary N) is 1. The normalized spacial score (nSPS) is 36.0. The van der Waals surface area contributed by atoms with Gasteiger partial charge in [-0.2, -0.15) is 0 Å². The highest BCUT2D eigenvalue weighted by atomic mass is 15.3. The van der Waals surface area contributed by atoms with Crippen LogP contribution < -0.4 is 5.32 Å². The van der Waals surface area contributed by atoms with E-state index in [2.05, 4.69) is 42.8 Å². The minimum Gasteiger partial charge on any atom is -0.315 e. The summed E-state index contributed by atoms with van der Waals surface area (Å²) in [5.41, 5.74) is 1.12. The molecule has 3 heteroatoms. The molecule has 0 saturated carbocycles. The second kappa shape index (κ2) is 4.71. The molecule has 110 valence electrons. The van der Waals surface area contributed by atoms with Crippen LogP contribution in [-0.2, 0) is 0 Å². The lowest BCUT2D eigenvalue weighted by Gasteiger charge is -2.60. The van der Waals surface area contributed by atoms with E-state index >= 15 is 0 Å². The van der Waals surface area contributed by atoms with Gasteiger partial charge in [-0.1, -0.05) is 27.7 Å². The van der Waals surface area contributed by atoms with E-state index in [0.717, 1.165) is 12.0 Å². The standard InChI is InChI=1S/C16H31N3/c1-13-7-18(10-15(2,3)4)6-5-14(13)19-11-16(12-19)8-17-9-16/h13-14,17H,5-12H2,1-4H3/t13-,14?/m0/s1. The van der Waals surface area contributed by atoms with Crippen molar-refractivity contribution in [1.29, 1.82) is 0 Å². The molecule has 0 aromatic carbocycles. The predicted octanol–water partition coefficient (Wildman–Crippen LogP) is 1.65. The Morgan fingerprint density at radius 3 is 2.37 bits per heavy atom. The Morgan fingerprint density at radius 2 is 1.89 bits per heavy atom. The van der Waals surface area contributed by atoms with E-state index < -0.39 is 0 Å². The molecule has 19 heavy (non-hydrogen) atoms. The maximum absolute atomic E-state index is 3.44. The fourth-order valence-corrected chi connectivity index (χ4v) is 4.33. The second-order valence-electron chi connectivity index (χ2n) is 8.64. The third-order valence-electron chi connectivity index (χ3n) is 5.19. The Kier molecular flexibility index (Phi) is 3.43. The average Bonchev–Trinajstić information content (AvgIpc) is 2.13. The Morgan fingerprint density at radius 1 is 1.21 bits per heavy atom. The summed E-state index contributed by atoms with van der Waals surface area (Å²) >= 11 is 0. The SMILES string of the molecule is C[C@H]1CN(CC(C)(C)C)CCC1N1CC2(CNC2)C1. The minimum atomic E-state index is 0.435. The van der Waals surface area contributed by atoms with Crippen molar-refractivity contribution in [2.75, 3.05) is 45.8 Å². The van der Waals surface area contributed by atoms with Crippen LogP contribution in [-0.4, -0.2) is 61.7 Å². The third kappa shape index (κ3) is 2.84. The van der Waals surface area contributed by atoms with Crippen LogP contribution in [0.5, 0.6) is 0 Å². The maximum Gasteiger partial charge on any atom is 0.0207 e. The van der Waals surface area contributed by atoms with Gasteiger partial charge in [-0.05, 0) is 24.3 Å². The molecule has 0 radical (unpaired) electrons. The molecule has 3 heterocycles. The Balaban J connectivity index is 1.48. The highest BCUT2D eigenvalue weighted by Gasteiger charge is 2.50. The predicted molar refractivity (Wildman–Crippen MR) is 80.3 cm³/mol. The molecular formula is C16H31N3. The largest absolute Gasteiger partial charge is 0.315 e. The van der Waals surface area contributed by atoms with Gasteiger partial charge in [0.15, 0.2) is 0 Å². The lowest BCUT2D eigenvalue weighted by molar-refractivity contribution is -0.0917. The summed E-state index contributed by atoms with van der Waals surface area (Å²) in [7, 11) is 0. The summed E-state index contributed by atoms with van der Waals surface area (Å²) < 4.78 is 0. The van der Waals surface area contributed by atoms with Gasteiger partial charge in [-0.3, -0.25) is 4.90 Å². The van der Waals surface area contributed by atoms with Gasteiger partial charge in [-0.15, -0.1) is 0 Å². The molecule has 3 aliphatic rings. The molecule has 1 spiro atoms. The molecule has 0 aromatic heterocycles. The molecule has 3 saturated heterocycles. The van der Waals surface area contributed by atoms with E-state index in [0.29, 0.717) is 10.8 Å². The van der Waals surface area contributed by atoms with Gasteiger partial charge in [0.05, 0.1) is 0 Å². The van der Waals surface area contributed by atoms with Gasteiger partial charge in [0.1, 0.15) is 0 Å². The van der Waals surface area contributed by atoms with Crippen molar-refractivity contribution in [2.45, 2.75) is 40.2 Å². The van der Waals surface area contributed by atoms with Gasteiger partial charge in [0.2, 0.25) is 0 Å². The van der Waals surface area contributed by atoms with E-state index in [1.807, 2.05) is 0 Å². The molecule has 0 amide bonds. The van der Waals surface area contributed by atoms with Crippen molar-refractivity contribution < 1.29 is 0 Å². The quantitative estimate of drug-likeness (QED) is 0.819. The summed E-state index contributed by atoms with van der Waals surface area (Å²) in [5.74, 6) is 0.835. The molecule has 2 atom stereocenters. The first-order chi connectivity index (χ1) is 8.87. The van der Waals surface area contributed by atoms with Crippen LogP contribution in [0.4, 0.5) is 0 Å². The van der Waals surface area contributed by atoms with E-state index in [1.54, 1.807) is 0 Å². The van der Waals surface area contributed by atoms with Crippen LogP contribution in [0.3, 0.4) is 0 Å². The van der Waals surface area contributed by atoms with Gasteiger partial charge in [0.25, 0.3) is 0 Å². The summed E-state index contributed by atoms with van der Waals surface area (Å²) in [6.07, 6.45) is 1.38. The van der Waals surface area contributed by atoms with Crippen LogP contribution in [0.2, 0.25) is 0 Å². The number of nitrogens with zero attached hydrogens (tertiary/aromatic N) is 2. The lowest BCUT2D eigenvalue weighted by atomic mass is 9.72. The molecule has 3 rings (SSSR count). The summed E-state index contributed by atoms with van der Waals surface area (Å²) in [6.45, 7) is 18.6. The monoisotopic (exact) mass is 265 g/mol. The fraction of sp³-hybridized carbons (Fsp3) is 1.00. The molecule has 3 fully saturated rings. The number of piperidine rings is 1. The van der Waals surface area contributed by atoms with Crippen molar-refractivity contribution >= 4 is 0 Å². The van der Waals surface area contributed by atoms with E-state index in [9.17, 15) is 0 Å². The summed E-state index contributed by atoms with van der Waals surface area (Å²) in [5, 5.41) is 3.44. The molecule has 0 bridgehead atoms. The second-order valence-corrected chi connectivity index (χ2v) is 8.64. The smallest absolute Gasteiger partial charge is 0.0207 e. The first-order valence-electron chi connectivity index (χ1n) is 8.04. The average molecular weight is 265 g/mol. The first-order valence-corrected chi connectivity index (χ1v) is 8.04. The van der Waals surface area contributed by atoms with Crippen molar-refractivity contribution in [3.05, 3.63) is 0 Å². The van der Waals surface area contributed by atoms with Crippen molar-refractivity contribution in [1.82, 2.24) is 15.1 Å². The first kappa shape index (κ1) is 13.8. The zero-order valence-electron chi connectivity index (χ0n) is 13.2. The van der Waals surface area contributed by atoms with Crippen molar-refractivity contribution in [2.24, 2.45) is 16.7 Å². The molecule has 0 aliphatic carbocycles. The third-order valence-corrected chi connectivity index (χ3v) is 5.19. The van der Waals surface area contributed by atoms with Crippen LogP contribution in [0.15, 0.2) is 0 Å². The minimum absolute atomic E-state index is 0.435. The van der Waals surface area contributed by atoms with E-state index in [4.69, 9.17) is 0 Å². The van der Waals surface area contributed by atoms with E-state index in [-0.39, 0.29) is 0 Å². The Hall–Kier alpha value is -0.120. The highest BCUT2D eigenvalue weighted by molar-refractivity contribution is 5.06. The molecule has 1 unspecified atom stereocenters. The number of rotatable bonds is 2. The van der Waals surface area contributed by atoms with E-state index in [1.165, 1.54) is 52.2 Å². The van der Waals surface area contributed by atoms with Crippen LogP contribution in [0.25, 0.3) is 0 Å². The number of hydrogen-bond acceptors (Lipinski definition) is 3. The lowest BCUT2D eigenvalue weighted by Crippen LogP contribution is -2.73. The molecule has 0 aromatic rings. The van der Waals surface area contributed by atoms with Gasteiger partial charge in [-0.25, -0.2) is 0 Å². The maximum atomic E-state index is 3.44. The zero-order valence-corrected chi connectivity index (χ0v) is 13.2.